The SMILES string of the molecule is O=C(c1ccc2[nH]c(=O)c(=O)[nH]c2c1)N1CCN(S(=O)(=O)c2ccccc2Br)CC1. The first-order chi connectivity index (χ1) is 14.3. The first kappa shape index (κ1) is 20.5. The molecule has 1 aliphatic rings. The lowest BCUT2D eigenvalue weighted by Crippen LogP contribution is -2.50. The highest BCUT2D eigenvalue weighted by atomic mass is 79.9. The van der Waals surface area contributed by atoms with Crippen LogP contribution in [0.3, 0.4) is 0 Å². The lowest BCUT2D eigenvalue weighted by Gasteiger charge is -2.34. The van der Waals surface area contributed by atoms with Gasteiger partial charge in [0, 0.05) is 36.2 Å². The van der Waals surface area contributed by atoms with Gasteiger partial charge in [-0.2, -0.15) is 4.31 Å². The smallest absolute Gasteiger partial charge is 0.314 e. The number of sulfonamides is 1. The number of nitrogens with zero attached hydrogens (tertiary/aromatic N) is 2. The van der Waals surface area contributed by atoms with E-state index in [1.165, 1.54) is 16.4 Å². The minimum atomic E-state index is -3.67. The molecule has 2 heterocycles. The summed E-state index contributed by atoms with van der Waals surface area (Å²) < 4.78 is 27.6. The number of amides is 1. The summed E-state index contributed by atoms with van der Waals surface area (Å²) in [5.74, 6) is -0.276. The van der Waals surface area contributed by atoms with Crippen molar-refractivity contribution in [3.05, 3.63) is 73.2 Å². The Bertz CT molecular complexity index is 1360. The van der Waals surface area contributed by atoms with Gasteiger partial charge in [-0.15, -0.1) is 0 Å². The Hall–Kier alpha value is -2.76. The van der Waals surface area contributed by atoms with Crippen LogP contribution in [0.5, 0.6) is 0 Å². The molecule has 0 saturated carbocycles. The molecule has 1 aliphatic heterocycles. The van der Waals surface area contributed by atoms with Crippen LogP contribution in [0.2, 0.25) is 0 Å². The molecule has 0 radical (unpaired) electrons. The molecule has 0 unspecified atom stereocenters. The highest BCUT2D eigenvalue weighted by Crippen LogP contribution is 2.25. The van der Waals surface area contributed by atoms with Crippen molar-refractivity contribution in [3.8, 4) is 0 Å². The summed E-state index contributed by atoms with van der Waals surface area (Å²) in [5.41, 5.74) is -0.449. The highest BCUT2D eigenvalue weighted by molar-refractivity contribution is 9.10. The number of halogens is 1. The fourth-order valence-electron chi connectivity index (χ4n) is 3.35. The molecule has 4 rings (SSSR count). The molecule has 0 atom stereocenters. The van der Waals surface area contributed by atoms with E-state index >= 15 is 0 Å². The predicted molar refractivity (Wildman–Crippen MR) is 114 cm³/mol. The molecular formula is C19H17BrN4O5S. The summed E-state index contributed by atoms with van der Waals surface area (Å²) in [5, 5.41) is 0. The van der Waals surface area contributed by atoms with Gasteiger partial charge in [0.05, 0.1) is 15.9 Å². The van der Waals surface area contributed by atoms with E-state index in [2.05, 4.69) is 25.9 Å². The van der Waals surface area contributed by atoms with E-state index in [0.29, 0.717) is 21.1 Å². The molecule has 0 aliphatic carbocycles. The molecule has 2 N–H and O–H groups in total. The maximum atomic E-state index is 12.9. The van der Waals surface area contributed by atoms with Gasteiger partial charge in [0.2, 0.25) is 10.0 Å². The van der Waals surface area contributed by atoms with Crippen molar-refractivity contribution >= 4 is 42.9 Å². The molecule has 1 aromatic heterocycles. The van der Waals surface area contributed by atoms with Crippen LogP contribution in [0.4, 0.5) is 0 Å². The zero-order chi connectivity index (χ0) is 21.5. The topological polar surface area (TPSA) is 123 Å². The van der Waals surface area contributed by atoms with Gasteiger partial charge in [0.15, 0.2) is 0 Å². The van der Waals surface area contributed by atoms with Crippen molar-refractivity contribution in [1.29, 1.82) is 0 Å². The van der Waals surface area contributed by atoms with E-state index in [4.69, 9.17) is 0 Å². The number of benzene rings is 2. The van der Waals surface area contributed by atoms with Crippen LogP contribution in [-0.2, 0) is 10.0 Å². The van der Waals surface area contributed by atoms with Crippen molar-refractivity contribution in [2.24, 2.45) is 0 Å². The van der Waals surface area contributed by atoms with Crippen LogP contribution in [0.25, 0.3) is 11.0 Å². The average molecular weight is 493 g/mol. The Morgan fingerprint density at radius 2 is 1.53 bits per heavy atom. The molecule has 3 aromatic rings. The van der Waals surface area contributed by atoms with E-state index < -0.39 is 21.1 Å². The lowest BCUT2D eigenvalue weighted by molar-refractivity contribution is 0.0698. The van der Waals surface area contributed by atoms with Gasteiger partial charge in [-0.05, 0) is 46.3 Å². The largest absolute Gasteiger partial charge is 0.336 e. The van der Waals surface area contributed by atoms with Crippen LogP contribution < -0.4 is 11.1 Å². The molecule has 1 amide bonds. The van der Waals surface area contributed by atoms with Crippen molar-refractivity contribution in [3.63, 3.8) is 0 Å². The Labute approximate surface area is 179 Å². The van der Waals surface area contributed by atoms with Crippen molar-refractivity contribution in [2.45, 2.75) is 4.90 Å². The van der Waals surface area contributed by atoms with Crippen LogP contribution >= 0.6 is 15.9 Å². The highest BCUT2D eigenvalue weighted by Gasteiger charge is 2.31. The van der Waals surface area contributed by atoms with Gasteiger partial charge in [-0.1, -0.05) is 12.1 Å². The van der Waals surface area contributed by atoms with Crippen LogP contribution in [0, 0.1) is 0 Å². The lowest BCUT2D eigenvalue weighted by atomic mass is 10.1. The zero-order valence-electron chi connectivity index (χ0n) is 15.6. The van der Waals surface area contributed by atoms with E-state index in [1.54, 1.807) is 35.2 Å². The van der Waals surface area contributed by atoms with Crippen molar-refractivity contribution < 1.29 is 13.2 Å². The molecule has 30 heavy (non-hydrogen) atoms. The molecule has 0 spiro atoms. The third-order valence-electron chi connectivity index (χ3n) is 4.95. The molecular weight excluding hydrogens is 476 g/mol. The molecule has 9 nitrogen and oxygen atoms in total. The Morgan fingerprint density at radius 1 is 0.900 bits per heavy atom. The molecule has 1 saturated heterocycles. The zero-order valence-corrected chi connectivity index (χ0v) is 18.0. The molecule has 1 fully saturated rings. The summed E-state index contributed by atoms with van der Waals surface area (Å²) in [6.07, 6.45) is 0. The molecule has 0 bridgehead atoms. The van der Waals surface area contributed by atoms with Gasteiger partial charge < -0.3 is 14.9 Å². The first-order valence-corrected chi connectivity index (χ1v) is 11.3. The van der Waals surface area contributed by atoms with Crippen molar-refractivity contribution in [1.82, 2.24) is 19.2 Å². The third kappa shape index (κ3) is 3.71. The number of fused-ring (bicyclic) bond motifs is 1. The Kier molecular flexibility index (Phi) is 5.35. The van der Waals surface area contributed by atoms with Gasteiger partial charge in [-0.3, -0.25) is 14.4 Å². The number of aromatic amines is 2. The van der Waals surface area contributed by atoms with E-state index in [0.717, 1.165) is 0 Å². The average Bonchev–Trinajstić information content (AvgIpc) is 2.74. The molecule has 156 valence electrons. The summed E-state index contributed by atoms with van der Waals surface area (Å²) in [6, 6.07) is 11.2. The van der Waals surface area contributed by atoms with Crippen molar-refractivity contribution in [2.75, 3.05) is 26.2 Å². The minimum Gasteiger partial charge on any atom is -0.336 e. The number of rotatable bonds is 3. The maximum absolute atomic E-state index is 12.9. The molecule has 2 aromatic carbocycles. The quantitative estimate of drug-likeness (QED) is 0.530. The Balaban J connectivity index is 1.51. The van der Waals surface area contributed by atoms with Gasteiger partial charge in [-0.25, -0.2) is 8.42 Å². The number of nitrogens with one attached hydrogen (secondary N) is 2. The second-order valence-corrected chi connectivity index (χ2v) is 9.56. The summed E-state index contributed by atoms with van der Waals surface area (Å²) in [4.78, 5) is 42.4. The third-order valence-corrected chi connectivity index (χ3v) is 7.86. The summed E-state index contributed by atoms with van der Waals surface area (Å²) >= 11 is 3.28. The summed E-state index contributed by atoms with van der Waals surface area (Å²) in [7, 11) is -3.67. The number of carbonyl (C=O) groups is 1. The normalized spacial score (nSPS) is 15.4. The number of hydrogen-bond acceptors (Lipinski definition) is 5. The van der Waals surface area contributed by atoms with Gasteiger partial charge in [0.25, 0.3) is 5.91 Å². The standard InChI is InChI=1S/C19H17BrN4O5S/c20-13-3-1-2-4-16(13)30(28,29)24-9-7-23(8-10-24)19(27)12-5-6-14-15(11-12)22-18(26)17(25)21-14/h1-6,11H,7-10H2,(H,21,25)(H,22,26). The number of H-pyrrole nitrogens is 2. The van der Waals surface area contributed by atoms with Crippen LogP contribution in [0.15, 0.2) is 61.4 Å². The predicted octanol–water partition coefficient (Wildman–Crippen LogP) is 1.13. The van der Waals surface area contributed by atoms with E-state index in [9.17, 15) is 22.8 Å². The molecule has 11 heteroatoms. The van der Waals surface area contributed by atoms with Gasteiger partial charge >= 0.3 is 11.1 Å². The monoisotopic (exact) mass is 492 g/mol. The van der Waals surface area contributed by atoms with Crippen LogP contribution in [-0.4, -0.2) is 59.7 Å². The summed E-state index contributed by atoms with van der Waals surface area (Å²) in [6.45, 7) is 0.825. The number of aromatic nitrogens is 2. The maximum Gasteiger partial charge on any atom is 0.314 e. The number of carbonyl (C=O) groups excluding carboxylic acids is 1. The number of piperazine rings is 1. The second-order valence-electron chi connectivity index (χ2n) is 6.80. The number of hydrogen-bond donors (Lipinski definition) is 2. The van der Waals surface area contributed by atoms with E-state index in [-0.39, 0.29) is 37.0 Å². The van der Waals surface area contributed by atoms with E-state index in [1.807, 2.05) is 0 Å². The Morgan fingerprint density at radius 3 is 2.20 bits per heavy atom. The van der Waals surface area contributed by atoms with Gasteiger partial charge in [0.1, 0.15) is 0 Å². The first-order valence-electron chi connectivity index (χ1n) is 9.08. The fraction of sp³-hybridized carbons (Fsp3) is 0.211. The minimum absolute atomic E-state index is 0.174. The van der Waals surface area contributed by atoms with Crippen LogP contribution in [0.1, 0.15) is 10.4 Å². The second kappa shape index (κ2) is 7.82. The fourth-order valence-corrected chi connectivity index (χ4v) is 5.74.